The fourth-order valence-electron chi connectivity index (χ4n) is 1.29. The molecule has 1 aromatic rings. The first-order valence-corrected chi connectivity index (χ1v) is 4.76. The van der Waals surface area contributed by atoms with Crippen molar-refractivity contribution in [2.24, 2.45) is 0 Å². The molecule has 2 N–H and O–H groups in total. The van der Waals surface area contributed by atoms with Crippen molar-refractivity contribution in [3.05, 3.63) is 24.0 Å². The van der Waals surface area contributed by atoms with Crippen LogP contribution in [0.4, 0.5) is 0 Å². The topological polar surface area (TPSA) is 46.1 Å². The Bertz CT molecular complexity index is 293. The van der Waals surface area contributed by atoms with E-state index in [1.54, 1.807) is 7.05 Å². The third kappa shape index (κ3) is 3.22. The van der Waals surface area contributed by atoms with Crippen LogP contribution >= 0.6 is 0 Å². The highest BCUT2D eigenvalue weighted by Gasteiger charge is 1.99. The number of rotatable bonds is 5. The maximum Gasteiger partial charge on any atom is 0.221 e. The van der Waals surface area contributed by atoms with E-state index >= 15 is 0 Å². The van der Waals surface area contributed by atoms with Gasteiger partial charge in [-0.15, -0.1) is 0 Å². The highest BCUT2D eigenvalue weighted by Crippen LogP contribution is 2.01. The molecule has 1 rings (SSSR count). The van der Waals surface area contributed by atoms with E-state index in [1.165, 1.54) is 5.56 Å². The van der Waals surface area contributed by atoms with Crippen molar-refractivity contribution in [2.45, 2.75) is 19.5 Å². The minimum Gasteiger partial charge on any atom is -0.359 e. The van der Waals surface area contributed by atoms with E-state index < -0.39 is 0 Å². The molecule has 0 radical (unpaired) electrons. The second-order valence-corrected chi connectivity index (χ2v) is 3.21. The average Bonchev–Trinajstić information content (AvgIpc) is 2.63. The lowest BCUT2D eigenvalue weighted by molar-refractivity contribution is -0.120. The Hall–Kier alpha value is -1.29. The number of carbonyl (C=O) groups excluding carboxylic acids is 1. The van der Waals surface area contributed by atoms with E-state index in [0.29, 0.717) is 6.42 Å². The molecule has 0 aromatic carbocycles. The van der Waals surface area contributed by atoms with Gasteiger partial charge < -0.3 is 15.2 Å². The smallest absolute Gasteiger partial charge is 0.221 e. The van der Waals surface area contributed by atoms with Crippen LogP contribution in [0.5, 0.6) is 0 Å². The predicted molar refractivity (Wildman–Crippen MR) is 55.9 cm³/mol. The first-order chi connectivity index (χ1) is 6.76. The molecule has 0 unspecified atom stereocenters. The SMILES string of the molecule is CNCc1ccn(CCC(=O)NC)c1. The van der Waals surface area contributed by atoms with E-state index in [9.17, 15) is 4.79 Å². The van der Waals surface area contributed by atoms with E-state index in [4.69, 9.17) is 0 Å². The molecule has 0 aliphatic heterocycles. The Morgan fingerprint density at radius 1 is 1.50 bits per heavy atom. The van der Waals surface area contributed by atoms with Gasteiger partial charge in [0.1, 0.15) is 0 Å². The summed E-state index contributed by atoms with van der Waals surface area (Å²) in [6, 6.07) is 2.06. The van der Waals surface area contributed by atoms with Gasteiger partial charge in [0.2, 0.25) is 5.91 Å². The summed E-state index contributed by atoms with van der Waals surface area (Å²) in [5, 5.41) is 5.68. The van der Waals surface area contributed by atoms with Gasteiger partial charge in [-0.2, -0.15) is 0 Å². The van der Waals surface area contributed by atoms with Gasteiger partial charge in [-0.25, -0.2) is 0 Å². The quantitative estimate of drug-likeness (QED) is 0.712. The summed E-state index contributed by atoms with van der Waals surface area (Å²) in [7, 11) is 3.58. The molecule has 0 spiro atoms. The lowest BCUT2D eigenvalue weighted by atomic mass is 10.3. The van der Waals surface area contributed by atoms with Crippen molar-refractivity contribution in [1.29, 1.82) is 0 Å². The number of nitrogens with zero attached hydrogens (tertiary/aromatic N) is 1. The molecule has 14 heavy (non-hydrogen) atoms. The molecule has 78 valence electrons. The minimum atomic E-state index is 0.0777. The van der Waals surface area contributed by atoms with Gasteiger partial charge >= 0.3 is 0 Å². The summed E-state index contributed by atoms with van der Waals surface area (Å²) in [5.41, 5.74) is 1.24. The average molecular weight is 195 g/mol. The second-order valence-electron chi connectivity index (χ2n) is 3.21. The molecule has 1 amide bonds. The maximum atomic E-state index is 11.0. The highest BCUT2D eigenvalue weighted by molar-refractivity contribution is 5.75. The van der Waals surface area contributed by atoms with Crippen molar-refractivity contribution in [2.75, 3.05) is 14.1 Å². The number of aryl methyl sites for hydroxylation is 1. The van der Waals surface area contributed by atoms with Gasteiger partial charge in [0.05, 0.1) is 0 Å². The molecule has 0 aliphatic carbocycles. The van der Waals surface area contributed by atoms with Crippen LogP contribution in [0, 0.1) is 0 Å². The number of amides is 1. The Labute approximate surface area is 84.3 Å². The Morgan fingerprint density at radius 3 is 2.93 bits per heavy atom. The van der Waals surface area contributed by atoms with Gasteiger partial charge in [0, 0.05) is 39.0 Å². The Kier molecular flexibility index (Phi) is 4.19. The van der Waals surface area contributed by atoms with Crippen LogP contribution in [0.1, 0.15) is 12.0 Å². The van der Waals surface area contributed by atoms with Crippen LogP contribution in [-0.2, 0) is 17.9 Å². The van der Waals surface area contributed by atoms with Crippen LogP contribution in [0.3, 0.4) is 0 Å². The van der Waals surface area contributed by atoms with E-state index in [0.717, 1.165) is 13.1 Å². The van der Waals surface area contributed by atoms with Gasteiger partial charge in [0.25, 0.3) is 0 Å². The van der Waals surface area contributed by atoms with Gasteiger partial charge in [0.15, 0.2) is 0 Å². The van der Waals surface area contributed by atoms with Crippen LogP contribution in [0.2, 0.25) is 0 Å². The summed E-state index contributed by atoms with van der Waals surface area (Å²) < 4.78 is 2.03. The van der Waals surface area contributed by atoms with Crippen LogP contribution in [0.25, 0.3) is 0 Å². The molecule has 0 bridgehead atoms. The summed E-state index contributed by atoms with van der Waals surface area (Å²) in [6.07, 6.45) is 4.58. The van der Waals surface area contributed by atoms with Gasteiger partial charge in [-0.3, -0.25) is 4.79 Å². The zero-order valence-electron chi connectivity index (χ0n) is 8.71. The Morgan fingerprint density at radius 2 is 2.29 bits per heavy atom. The third-order valence-corrected chi connectivity index (χ3v) is 2.07. The van der Waals surface area contributed by atoms with E-state index in [-0.39, 0.29) is 5.91 Å². The standard InChI is InChI=1S/C10H17N3O/c1-11-7-9-3-5-13(8-9)6-4-10(14)12-2/h3,5,8,11H,4,6-7H2,1-2H3,(H,12,14). The molecule has 4 heteroatoms. The lowest BCUT2D eigenvalue weighted by Gasteiger charge is -2.01. The van der Waals surface area contributed by atoms with E-state index in [2.05, 4.69) is 22.9 Å². The first-order valence-electron chi connectivity index (χ1n) is 4.76. The molecule has 0 aliphatic rings. The number of hydrogen-bond donors (Lipinski definition) is 2. The summed E-state index contributed by atoms with van der Waals surface area (Å²) in [6.45, 7) is 1.61. The molecule has 1 aromatic heterocycles. The molecular weight excluding hydrogens is 178 g/mol. The fraction of sp³-hybridized carbons (Fsp3) is 0.500. The normalized spacial score (nSPS) is 10.1. The van der Waals surface area contributed by atoms with Crippen molar-refractivity contribution in [3.63, 3.8) is 0 Å². The number of hydrogen-bond acceptors (Lipinski definition) is 2. The molecule has 0 saturated heterocycles. The first kappa shape index (κ1) is 10.8. The molecule has 0 fully saturated rings. The van der Waals surface area contributed by atoms with Crippen molar-refractivity contribution in [1.82, 2.24) is 15.2 Å². The van der Waals surface area contributed by atoms with Crippen molar-refractivity contribution < 1.29 is 4.79 Å². The van der Waals surface area contributed by atoms with E-state index in [1.807, 2.05) is 17.8 Å². The predicted octanol–water partition coefficient (Wildman–Crippen LogP) is 0.344. The van der Waals surface area contributed by atoms with Crippen LogP contribution < -0.4 is 10.6 Å². The van der Waals surface area contributed by atoms with Crippen LogP contribution in [-0.4, -0.2) is 24.6 Å². The monoisotopic (exact) mass is 195 g/mol. The minimum absolute atomic E-state index is 0.0777. The van der Waals surface area contributed by atoms with Crippen molar-refractivity contribution >= 4 is 5.91 Å². The third-order valence-electron chi connectivity index (χ3n) is 2.07. The summed E-state index contributed by atoms with van der Waals surface area (Å²) in [5.74, 6) is 0.0777. The van der Waals surface area contributed by atoms with Gasteiger partial charge in [-0.05, 0) is 18.7 Å². The fourth-order valence-corrected chi connectivity index (χ4v) is 1.29. The number of nitrogens with one attached hydrogen (secondary N) is 2. The number of carbonyl (C=O) groups is 1. The Balaban J connectivity index is 2.39. The zero-order valence-corrected chi connectivity index (χ0v) is 8.71. The second kappa shape index (κ2) is 5.44. The van der Waals surface area contributed by atoms with Crippen molar-refractivity contribution in [3.8, 4) is 0 Å². The maximum absolute atomic E-state index is 11.0. The molecular formula is C10H17N3O. The number of aromatic nitrogens is 1. The molecule has 4 nitrogen and oxygen atoms in total. The molecule has 0 saturated carbocycles. The summed E-state index contributed by atoms with van der Waals surface area (Å²) >= 11 is 0. The lowest BCUT2D eigenvalue weighted by Crippen LogP contribution is -2.19. The zero-order chi connectivity index (χ0) is 10.4. The molecule has 0 atom stereocenters. The highest BCUT2D eigenvalue weighted by atomic mass is 16.1. The van der Waals surface area contributed by atoms with Gasteiger partial charge in [-0.1, -0.05) is 0 Å². The van der Waals surface area contributed by atoms with Crippen LogP contribution in [0.15, 0.2) is 18.5 Å². The molecule has 1 heterocycles. The summed E-state index contributed by atoms with van der Waals surface area (Å²) in [4.78, 5) is 11.0. The largest absolute Gasteiger partial charge is 0.359 e.